The van der Waals surface area contributed by atoms with Crippen LogP contribution in [-0.4, -0.2) is 97.5 Å². The molecule has 13 heteroatoms. The van der Waals surface area contributed by atoms with Crippen LogP contribution in [0.15, 0.2) is 36.5 Å². The molecule has 0 aliphatic carbocycles. The second kappa shape index (κ2) is 36.2. The van der Waals surface area contributed by atoms with Crippen molar-refractivity contribution in [2.45, 2.75) is 211 Å². The van der Waals surface area contributed by atoms with Crippen molar-refractivity contribution in [1.82, 2.24) is 0 Å². The van der Waals surface area contributed by atoms with E-state index in [2.05, 4.69) is 54.5 Å². The number of carbonyl (C=O) groups excluding carboxylic acids is 1. The molecule has 0 bridgehead atoms. The lowest BCUT2D eigenvalue weighted by Crippen LogP contribution is -2.60. The summed E-state index contributed by atoms with van der Waals surface area (Å²) in [4.78, 5) is 12.8. The third-order valence-corrected chi connectivity index (χ3v) is 10.5. The van der Waals surface area contributed by atoms with E-state index in [0.717, 1.165) is 70.6 Å². The van der Waals surface area contributed by atoms with Gasteiger partial charge < -0.3 is 34.3 Å². The van der Waals surface area contributed by atoms with Gasteiger partial charge in [-0.1, -0.05) is 134 Å². The van der Waals surface area contributed by atoms with Crippen LogP contribution >= 0.6 is 0 Å². The Labute approximate surface area is 345 Å². The average Bonchev–Trinajstić information content (AvgIpc) is 3.18. The lowest BCUT2D eigenvalue weighted by atomic mass is 9.99. The maximum atomic E-state index is 12.8. The van der Waals surface area contributed by atoms with Crippen molar-refractivity contribution in [1.29, 1.82) is 0 Å². The van der Waals surface area contributed by atoms with E-state index in [0.29, 0.717) is 13.0 Å². The zero-order valence-electron chi connectivity index (χ0n) is 35.4. The van der Waals surface area contributed by atoms with Gasteiger partial charge in [0.05, 0.1) is 19.8 Å². The molecular formula is C44H80O12S. The zero-order valence-corrected chi connectivity index (χ0v) is 36.2. The van der Waals surface area contributed by atoms with Gasteiger partial charge in [0.15, 0.2) is 6.29 Å². The Morgan fingerprint density at radius 2 is 1.16 bits per heavy atom. The SMILES string of the molecule is CCCCC/C=C\C/C=C\CCCCCCCC(=O)OC(COCCCCCCCC/C=C\CCCCCCC)COC1OC(CO)C(O)C(OS(=O)(=O)O)C1O. The minimum Gasteiger partial charge on any atom is -0.457 e. The minimum atomic E-state index is -5.06. The number of unbranched alkanes of at least 4 members (excludes halogenated alkanes) is 19. The van der Waals surface area contributed by atoms with Crippen LogP contribution in [0, 0.1) is 0 Å². The van der Waals surface area contributed by atoms with Crippen molar-refractivity contribution >= 4 is 16.4 Å². The summed E-state index contributed by atoms with van der Waals surface area (Å²) < 4.78 is 59.0. The fourth-order valence-electron chi connectivity index (χ4n) is 6.58. The van der Waals surface area contributed by atoms with Crippen LogP contribution in [0.25, 0.3) is 0 Å². The van der Waals surface area contributed by atoms with E-state index in [1.54, 1.807) is 0 Å². The molecular weight excluding hydrogens is 753 g/mol. The molecule has 0 aromatic rings. The molecule has 0 spiro atoms. The number of carbonyl (C=O) groups is 1. The Morgan fingerprint density at radius 3 is 1.72 bits per heavy atom. The van der Waals surface area contributed by atoms with E-state index < -0.39 is 59.8 Å². The molecule has 1 saturated heterocycles. The average molecular weight is 833 g/mol. The Morgan fingerprint density at radius 1 is 0.667 bits per heavy atom. The molecule has 0 aromatic heterocycles. The fourth-order valence-corrected chi connectivity index (χ4v) is 7.09. The van der Waals surface area contributed by atoms with Gasteiger partial charge in [0, 0.05) is 13.0 Å². The van der Waals surface area contributed by atoms with Crippen molar-refractivity contribution in [3.05, 3.63) is 36.5 Å². The number of ether oxygens (including phenoxy) is 4. The highest BCUT2D eigenvalue weighted by Crippen LogP contribution is 2.26. The second-order valence-electron chi connectivity index (χ2n) is 15.3. The molecule has 1 aliphatic heterocycles. The first kappa shape index (κ1) is 53.3. The largest absolute Gasteiger partial charge is 0.457 e. The van der Waals surface area contributed by atoms with Crippen LogP contribution in [-0.2, 0) is 38.3 Å². The predicted molar refractivity (Wildman–Crippen MR) is 225 cm³/mol. The second-order valence-corrected chi connectivity index (χ2v) is 16.3. The van der Waals surface area contributed by atoms with Crippen LogP contribution in [0.3, 0.4) is 0 Å². The molecule has 6 atom stereocenters. The van der Waals surface area contributed by atoms with Gasteiger partial charge in [-0.15, -0.1) is 0 Å². The van der Waals surface area contributed by atoms with E-state index in [9.17, 15) is 28.5 Å². The molecule has 6 unspecified atom stereocenters. The first-order valence-corrected chi connectivity index (χ1v) is 23.6. The minimum absolute atomic E-state index is 0.0264. The van der Waals surface area contributed by atoms with Gasteiger partial charge in [0.2, 0.25) is 0 Å². The summed E-state index contributed by atoms with van der Waals surface area (Å²) in [6, 6.07) is 0. The predicted octanol–water partition coefficient (Wildman–Crippen LogP) is 9.02. The van der Waals surface area contributed by atoms with Crippen molar-refractivity contribution in [2.75, 3.05) is 26.4 Å². The van der Waals surface area contributed by atoms with Crippen LogP contribution in [0.2, 0.25) is 0 Å². The first-order chi connectivity index (χ1) is 27.6. The van der Waals surface area contributed by atoms with Gasteiger partial charge in [0.25, 0.3) is 0 Å². The van der Waals surface area contributed by atoms with E-state index in [1.165, 1.54) is 77.0 Å². The highest BCUT2D eigenvalue weighted by Gasteiger charge is 2.48. The van der Waals surface area contributed by atoms with Gasteiger partial charge in [-0.25, -0.2) is 4.18 Å². The van der Waals surface area contributed by atoms with Crippen molar-refractivity contribution in [3.8, 4) is 0 Å². The van der Waals surface area contributed by atoms with E-state index in [1.807, 2.05) is 0 Å². The molecule has 57 heavy (non-hydrogen) atoms. The Balaban J connectivity index is 2.46. The van der Waals surface area contributed by atoms with Crippen molar-refractivity contribution in [3.63, 3.8) is 0 Å². The fraction of sp³-hybridized carbons (Fsp3) is 0.841. The topological polar surface area (TPSA) is 178 Å². The highest BCUT2D eigenvalue weighted by molar-refractivity contribution is 7.80. The van der Waals surface area contributed by atoms with Crippen LogP contribution < -0.4 is 0 Å². The number of rotatable bonds is 38. The lowest BCUT2D eigenvalue weighted by Gasteiger charge is -2.41. The zero-order chi connectivity index (χ0) is 41.8. The molecule has 12 nitrogen and oxygen atoms in total. The summed E-state index contributed by atoms with van der Waals surface area (Å²) in [6.45, 7) is 3.92. The molecule has 1 fully saturated rings. The molecule has 0 saturated carbocycles. The molecule has 1 rings (SSSR count). The van der Waals surface area contributed by atoms with E-state index in [-0.39, 0.29) is 19.6 Å². The summed E-state index contributed by atoms with van der Waals surface area (Å²) in [6.07, 6.45) is 31.7. The smallest absolute Gasteiger partial charge is 0.397 e. The maximum Gasteiger partial charge on any atom is 0.397 e. The lowest BCUT2D eigenvalue weighted by molar-refractivity contribution is -0.301. The van der Waals surface area contributed by atoms with Gasteiger partial charge in [-0.2, -0.15) is 8.42 Å². The summed E-state index contributed by atoms with van der Waals surface area (Å²) in [7, 11) is -5.06. The summed E-state index contributed by atoms with van der Waals surface area (Å²) >= 11 is 0. The summed E-state index contributed by atoms with van der Waals surface area (Å²) in [5.41, 5.74) is 0. The van der Waals surface area contributed by atoms with Crippen LogP contribution in [0.5, 0.6) is 0 Å². The standard InChI is InChI=1S/C44H80O12S/c1-3-5-7-9-11-13-15-17-19-21-23-25-27-29-31-33-40(46)54-38(37-53-44-42(48)43(56-57(49,50)51)41(47)39(35-45)55-44)36-52-34-32-30-28-26-24-22-20-18-16-14-12-10-8-6-4-2/h11,13,16-19,38-39,41-45,47-48H,3-10,12,14-15,20-37H2,1-2H3,(H,49,50,51)/b13-11-,18-16-,19-17-. The molecule has 1 aliphatic rings. The molecule has 4 N–H and O–H groups in total. The third kappa shape index (κ3) is 30.1. The Kier molecular flexibility index (Phi) is 33.9. The van der Waals surface area contributed by atoms with Crippen molar-refractivity contribution in [2.24, 2.45) is 0 Å². The number of hydrogen-bond donors (Lipinski definition) is 4. The molecule has 0 aromatic carbocycles. The van der Waals surface area contributed by atoms with E-state index >= 15 is 0 Å². The van der Waals surface area contributed by atoms with Crippen molar-refractivity contribution < 1.29 is 56.2 Å². The summed E-state index contributed by atoms with van der Waals surface area (Å²) in [5.74, 6) is -0.416. The summed E-state index contributed by atoms with van der Waals surface area (Å²) in [5, 5.41) is 30.6. The normalized spacial score (nSPS) is 21.0. The maximum absolute atomic E-state index is 12.8. The van der Waals surface area contributed by atoms with Gasteiger partial charge in [-0.05, 0) is 70.6 Å². The first-order valence-electron chi connectivity index (χ1n) is 22.2. The Bertz CT molecular complexity index is 1140. The van der Waals surface area contributed by atoms with Crippen LogP contribution in [0.4, 0.5) is 0 Å². The highest BCUT2D eigenvalue weighted by atomic mass is 32.3. The monoisotopic (exact) mass is 833 g/mol. The van der Waals surface area contributed by atoms with Gasteiger partial charge >= 0.3 is 16.4 Å². The molecule has 334 valence electrons. The number of aliphatic hydroxyl groups excluding tert-OH is 3. The van der Waals surface area contributed by atoms with E-state index in [4.69, 9.17) is 23.5 Å². The van der Waals surface area contributed by atoms with Gasteiger partial charge in [-0.3, -0.25) is 9.35 Å². The molecule has 0 radical (unpaired) electrons. The van der Waals surface area contributed by atoms with Gasteiger partial charge in [0.1, 0.15) is 30.5 Å². The Hall–Kier alpha value is -1.68. The molecule has 0 amide bonds. The number of allylic oxidation sites excluding steroid dienone is 6. The quantitative estimate of drug-likeness (QED) is 0.0201. The number of aliphatic hydroxyl groups is 3. The number of esters is 1. The molecule has 1 heterocycles. The third-order valence-electron chi connectivity index (χ3n) is 9.98. The van der Waals surface area contributed by atoms with Crippen LogP contribution in [0.1, 0.15) is 174 Å². The number of hydrogen-bond acceptors (Lipinski definition) is 11.